The summed E-state index contributed by atoms with van der Waals surface area (Å²) < 4.78 is 0. The number of rotatable bonds is 9. The maximum atomic E-state index is 13.7. The van der Waals surface area contributed by atoms with E-state index in [0.29, 0.717) is 17.5 Å². The maximum Gasteiger partial charge on any atom is 0.240 e. The molecular weight excluding hydrogens is 442 g/mol. The first-order valence-electron chi connectivity index (χ1n) is 11.7. The summed E-state index contributed by atoms with van der Waals surface area (Å²) in [5.74, 6) is -0.971. The van der Waals surface area contributed by atoms with Crippen LogP contribution in [-0.2, 0) is 26.2 Å². The van der Waals surface area contributed by atoms with E-state index in [0.717, 1.165) is 5.69 Å². The van der Waals surface area contributed by atoms with Crippen molar-refractivity contribution >= 4 is 17.7 Å². The van der Waals surface area contributed by atoms with Crippen LogP contribution < -0.4 is 0 Å². The van der Waals surface area contributed by atoms with Gasteiger partial charge in [-0.05, 0) is 23.3 Å². The van der Waals surface area contributed by atoms with Crippen molar-refractivity contribution in [3.05, 3.63) is 102 Å². The van der Waals surface area contributed by atoms with E-state index in [2.05, 4.69) is 4.98 Å². The average Bonchev–Trinajstić information content (AvgIpc) is 3.13. The third-order valence-electron chi connectivity index (χ3n) is 6.56. The predicted molar refractivity (Wildman–Crippen MR) is 131 cm³/mol. The molecule has 3 aromatic rings. The van der Waals surface area contributed by atoms with Crippen LogP contribution in [0.4, 0.5) is 0 Å². The van der Waals surface area contributed by atoms with Crippen LogP contribution in [0.5, 0.6) is 0 Å². The number of pyridine rings is 1. The van der Waals surface area contributed by atoms with Gasteiger partial charge in [-0.15, -0.1) is 0 Å². The number of carbonyl (C=O) groups is 3. The number of likely N-dealkylation sites (tertiary alicyclic amines) is 1. The van der Waals surface area contributed by atoms with Gasteiger partial charge in [-0.2, -0.15) is 0 Å². The normalized spacial score (nSPS) is 18.5. The van der Waals surface area contributed by atoms with Crippen molar-refractivity contribution in [1.29, 1.82) is 0 Å². The van der Waals surface area contributed by atoms with Gasteiger partial charge in [0.1, 0.15) is 0 Å². The second kappa shape index (κ2) is 10.6. The second-order valence-electron chi connectivity index (χ2n) is 8.92. The molecule has 1 aromatic heterocycles. The van der Waals surface area contributed by atoms with E-state index in [4.69, 9.17) is 0 Å². The lowest BCUT2D eigenvalue weighted by molar-refractivity contribution is -0.142. The van der Waals surface area contributed by atoms with Crippen molar-refractivity contribution in [2.45, 2.75) is 30.8 Å². The van der Waals surface area contributed by atoms with Gasteiger partial charge in [-0.1, -0.05) is 66.7 Å². The van der Waals surface area contributed by atoms with E-state index in [9.17, 15) is 19.5 Å². The minimum atomic E-state index is -1.27. The summed E-state index contributed by atoms with van der Waals surface area (Å²) in [7, 11) is 1.60. The van der Waals surface area contributed by atoms with Crippen LogP contribution in [0, 0.1) is 0 Å². The molecule has 0 aliphatic carbocycles. The summed E-state index contributed by atoms with van der Waals surface area (Å²) in [4.78, 5) is 47.0. The summed E-state index contributed by atoms with van der Waals surface area (Å²) in [6.45, 7) is 0.291. The molecule has 35 heavy (non-hydrogen) atoms. The lowest BCUT2D eigenvalue weighted by Crippen LogP contribution is -2.43. The van der Waals surface area contributed by atoms with Crippen molar-refractivity contribution < 1.29 is 19.5 Å². The quantitative estimate of drug-likeness (QED) is 0.485. The number of amides is 3. The molecule has 0 bridgehead atoms. The topological polar surface area (TPSA) is 90.8 Å². The minimum Gasteiger partial charge on any atom is -0.387 e. The molecule has 0 unspecified atom stereocenters. The Morgan fingerprint density at radius 2 is 1.69 bits per heavy atom. The Hall–Kier alpha value is -3.84. The van der Waals surface area contributed by atoms with Gasteiger partial charge in [0.15, 0.2) is 0 Å². The molecule has 180 valence electrons. The molecule has 7 heteroatoms. The Labute approximate surface area is 205 Å². The number of aliphatic hydroxyl groups is 1. The van der Waals surface area contributed by atoms with Gasteiger partial charge in [0, 0.05) is 44.7 Å². The average molecular weight is 472 g/mol. The highest BCUT2D eigenvalue weighted by atomic mass is 16.3. The molecular formula is C28H29N3O4. The molecule has 3 amide bonds. The number of benzene rings is 2. The number of nitrogens with zero attached hydrogens (tertiary/aromatic N) is 3. The van der Waals surface area contributed by atoms with Crippen molar-refractivity contribution in [3.63, 3.8) is 0 Å². The molecule has 1 aliphatic heterocycles. The van der Waals surface area contributed by atoms with Gasteiger partial charge in [0.25, 0.3) is 0 Å². The predicted octanol–water partition coefficient (Wildman–Crippen LogP) is 2.90. The first-order chi connectivity index (χ1) is 16.9. The van der Waals surface area contributed by atoms with Crippen molar-refractivity contribution in [1.82, 2.24) is 14.8 Å². The number of hydrogen-bond donors (Lipinski definition) is 1. The molecule has 1 fully saturated rings. The first-order valence-corrected chi connectivity index (χ1v) is 11.7. The highest BCUT2D eigenvalue weighted by Gasteiger charge is 2.53. The Bertz CT molecular complexity index is 1170. The molecule has 7 nitrogen and oxygen atoms in total. The molecule has 0 radical (unpaired) electrons. The van der Waals surface area contributed by atoms with Crippen LogP contribution >= 0.6 is 0 Å². The van der Waals surface area contributed by atoms with Crippen LogP contribution in [0.2, 0.25) is 0 Å². The van der Waals surface area contributed by atoms with E-state index in [1.54, 1.807) is 49.6 Å². The monoisotopic (exact) mass is 471 g/mol. The highest BCUT2D eigenvalue weighted by molar-refractivity contribution is 6.10. The number of imide groups is 1. The summed E-state index contributed by atoms with van der Waals surface area (Å²) in [6, 6.07) is 23.7. The lowest BCUT2D eigenvalue weighted by atomic mass is 9.75. The fourth-order valence-electron chi connectivity index (χ4n) is 4.56. The van der Waals surface area contributed by atoms with Crippen LogP contribution in [0.15, 0.2) is 85.1 Å². The van der Waals surface area contributed by atoms with Crippen LogP contribution in [0.1, 0.15) is 35.8 Å². The number of hydrogen-bond acceptors (Lipinski definition) is 5. The zero-order valence-electron chi connectivity index (χ0n) is 19.7. The van der Waals surface area contributed by atoms with Crippen LogP contribution in [0.25, 0.3) is 0 Å². The lowest BCUT2D eigenvalue weighted by Gasteiger charge is -2.30. The van der Waals surface area contributed by atoms with Crippen molar-refractivity contribution in [2.75, 3.05) is 20.1 Å². The fraction of sp³-hybridized carbons (Fsp3) is 0.286. The summed E-state index contributed by atoms with van der Waals surface area (Å²) in [5, 5.41) is 10.6. The number of carbonyl (C=O) groups excluding carboxylic acids is 3. The van der Waals surface area contributed by atoms with Gasteiger partial charge < -0.3 is 10.0 Å². The molecule has 0 spiro atoms. The van der Waals surface area contributed by atoms with Gasteiger partial charge in [-0.25, -0.2) is 0 Å². The third-order valence-corrected chi connectivity index (χ3v) is 6.56. The van der Waals surface area contributed by atoms with E-state index >= 15 is 0 Å². The molecule has 2 heterocycles. The summed E-state index contributed by atoms with van der Waals surface area (Å²) >= 11 is 0. The highest BCUT2D eigenvalue weighted by Crippen LogP contribution is 2.40. The third kappa shape index (κ3) is 5.30. The minimum absolute atomic E-state index is 0.0706. The second-order valence-corrected chi connectivity index (χ2v) is 8.92. The van der Waals surface area contributed by atoms with E-state index in [1.807, 2.05) is 42.5 Å². The van der Waals surface area contributed by atoms with Gasteiger partial charge in [0.05, 0.1) is 18.1 Å². The SMILES string of the molecule is CN(C[C@@H](O)c1ccccc1)C(=O)C[C@@]1(c2ccccc2)CC(=O)N(CCc2ccccn2)C1=O. The maximum absolute atomic E-state index is 13.7. The van der Waals surface area contributed by atoms with E-state index < -0.39 is 11.5 Å². The Kier molecular flexibility index (Phi) is 7.36. The standard InChI is InChI=1S/C28H29N3O4/c1-30(20-24(32)21-10-4-2-5-11-21)25(33)18-28(22-12-6-3-7-13-22)19-26(34)31(27(28)35)17-15-23-14-8-9-16-29-23/h2-14,16,24,32H,15,17-20H2,1H3/t24-,28+/m1/s1. The van der Waals surface area contributed by atoms with Gasteiger partial charge >= 0.3 is 0 Å². The molecule has 1 aliphatic rings. The molecule has 0 saturated carbocycles. The zero-order chi connectivity index (χ0) is 24.8. The zero-order valence-corrected chi connectivity index (χ0v) is 19.7. The fourth-order valence-corrected chi connectivity index (χ4v) is 4.56. The molecule has 4 rings (SSSR count). The van der Waals surface area contributed by atoms with Gasteiger partial charge in [-0.3, -0.25) is 24.3 Å². The number of aromatic nitrogens is 1. The van der Waals surface area contributed by atoms with E-state index in [1.165, 1.54) is 9.80 Å². The molecule has 1 N–H and O–H groups in total. The molecule has 2 aromatic carbocycles. The van der Waals surface area contributed by atoms with Crippen molar-refractivity contribution in [3.8, 4) is 0 Å². The van der Waals surface area contributed by atoms with Gasteiger partial charge in [0.2, 0.25) is 17.7 Å². The van der Waals surface area contributed by atoms with Crippen molar-refractivity contribution in [2.24, 2.45) is 0 Å². The van der Waals surface area contributed by atoms with Crippen LogP contribution in [-0.4, -0.2) is 57.7 Å². The Morgan fingerprint density at radius 3 is 2.34 bits per heavy atom. The Morgan fingerprint density at radius 1 is 1.03 bits per heavy atom. The number of aliphatic hydroxyl groups excluding tert-OH is 1. The largest absolute Gasteiger partial charge is 0.387 e. The number of likely N-dealkylation sites (N-methyl/N-ethyl adjacent to an activating group) is 1. The summed E-state index contributed by atoms with van der Waals surface area (Å²) in [5.41, 5.74) is 0.865. The smallest absolute Gasteiger partial charge is 0.240 e. The molecule has 2 atom stereocenters. The Balaban J connectivity index is 1.53. The summed E-state index contributed by atoms with van der Waals surface area (Å²) in [6.07, 6.45) is 1.04. The van der Waals surface area contributed by atoms with Crippen LogP contribution in [0.3, 0.4) is 0 Å². The molecule has 1 saturated heterocycles. The van der Waals surface area contributed by atoms with E-state index in [-0.39, 0.29) is 43.7 Å². The first kappa shape index (κ1) is 24.3.